The summed E-state index contributed by atoms with van der Waals surface area (Å²) in [5.41, 5.74) is 0.568. The van der Waals surface area contributed by atoms with Gasteiger partial charge in [0.05, 0.1) is 21.8 Å². The number of hydrogen-bond acceptors (Lipinski definition) is 5. The molecule has 0 atom stereocenters. The van der Waals surface area contributed by atoms with Gasteiger partial charge < -0.3 is 4.74 Å². The summed E-state index contributed by atoms with van der Waals surface area (Å²) in [6.07, 6.45) is 4.68. The zero-order valence-corrected chi connectivity index (χ0v) is 9.87. The van der Waals surface area contributed by atoms with Crippen molar-refractivity contribution >= 4 is 17.3 Å². The molecule has 0 N–H and O–H groups in total. The molecule has 6 nitrogen and oxygen atoms in total. The van der Waals surface area contributed by atoms with E-state index in [0.717, 1.165) is 0 Å². The summed E-state index contributed by atoms with van der Waals surface area (Å²) >= 11 is 5.87. The van der Waals surface area contributed by atoms with Crippen LogP contribution in [0.4, 0.5) is 5.69 Å². The first-order valence-corrected chi connectivity index (χ1v) is 5.36. The summed E-state index contributed by atoms with van der Waals surface area (Å²) in [7, 11) is 0. The zero-order valence-electron chi connectivity index (χ0n) is 9.12. The van der Waals surface area contributed by atoms with Gasteiger partial charge in [-0.3, -0.25) is 20.1 Å². The highest BCUT2D eigenvalue weighted by Gasteiger charge is 2.10. The van der Waals surface area contributed by atoms with E-state index in [-0.39, 0.29) is 17.3 Å². The molecule has 0 unspecified atom stereocenters. The van der Waals surface area contributed by atoms with Crippen molar-refractivity contribution in [3.8, 4) is 5.75 Å². The molecule has 0 fully saturated rings. The number of ether oxygens (including phenoxy) is 1. The van der Waals surface area contributed by atoms with Gasteiger partial charge in [-0.15, -0.1) is 0 Å². The van der Waals surface area contributed by atoms with Crippen LogP contribution in [0.25, 0.3) is 0 Å². The molecule has 0 saturated heterocycles. The minimum atomic E-state index is -0.516. The van der Waals surface area contributed by atoms with E-state index in [4.69, 9.17) is 16.3 Å². The third-order valence-electron chi connectivity index (χ3n) is 2.12. The van der Waals surface area contributed by atoms with E-state index in [0.29, 0.717) is 11.4 Å². The van der Waals surface area contributed by atoms with Crippen molar-refractivity contribution in [1.29, 1.82) is 0 Å². The van der Waals surface area contributed by atoms with E-state index < -0.39 is 4.92 Å². The van der Waals surface area contributed by atoms with Crippen LogP contribution in [-0.4, -0.2) is 14.9 Å². The molecule has 0 spiro atoms. The number of non-ortho nitro benzene ring substituents is 1. The second kappa shape index (κ2) is 5.42. The summed E-state index contributed by atoms with van der Waals surface area (Å²) in [6.45, 7) is 0.200. The number of rotatable bonds is 4. The largest absolute Gasteiger partial charge is 0.486 e. The quantitative estimate of drug-likeness (QED) is 0.627. The highest BCUT2D eigenvalue weighted by molar-refractivity contribution is 6.32. The normalized spacial score (nSPS) is 10.1. The van der Waals surface area contributed by atoms with Gasteiger partial charge in [-0.25, -0.2) is 0 Å². The number of nitro benzene ring substituents is 1. The van der Waals surface area contributed by atoms with Gasteiger partial charge in [0.15, 0.2) is 0 Å². The Labute approximate surface area is 107 Å². The van der Waals surface area contributed by atoms with E-state index in [9.17, 15) is 10.1 Å². The molecule has 92 valence electrons. The lowest BCUT2D eigenvalue weighted by Crippen LogP contribution is -1.99. The molecule has 0 radical (unpaired) electrons. The maximum absolute atomic E-state index is 10.5. The standard InChI is InChI=1S/C11H8ClN3O3/c12-10-5-9(15(16)17)1-2-11(10)18-7-8-6-13-3-4-14-8/h1-6H,7H2. The van der Waals surface area contributed by atoms with Crippen LogP contribution < -0.4 is 4.74 Å². The lowest BCUT2D eigenvalue weighted by atomic mass is 10.3. The predicted molar refractivity (Wildman–Crippen MR) is 64.5 cm³/mol. The number of aromatic nitrogens is 2. The van der Waals surface area contributed by atoms with Crippen LogP contribution in [-0.2, 0) is 6.61 Å². The van der Waals surface area contributed by atoms with Crippen molar-refractivity contribution in [1.82, 2.24) is 9.97 Å². The molecule has 2 aromatic rings. The maximum Gasteiger partial charge on any atom is 0.271 e. The Morgan fingerprint density at radius 1 is 1.39 bits per heavy atom. The fourth-order valence-corrected chi connectivity index (χ4v) is 1.51. The highest BCUT2D eigenvalue weighted by Crippen LogP contribution is 2.28. The molecule has 7 heteroatoms. The summed E-state index contributed by atoms with van der Waals surface area (Å²) in [4.78, 5) is 17.9. The van der Waals surface area contributed by atoms with Crippen LogP contribution >= 0.6 is 11.6 Å². The Balaban J connectivity index is 2.08. The average molecular weight is 266 g/mol. The van der Waals surface area contributed by atoms with Crippen molar-refractivity contribution < 1.29 is 9.66 Å². The van der Waals surface area contributed by atoms with Gasteiger partial charge in [0.1, 0.15) is 12.4 Å². The van der Waals surface area contributed by atoms with Crippen LogP contribution in [0.2, 0.25) is 5.02 Å². The van der Waals surface area contributed by atoms with Gasteiger partial charge in [-0.2, -0.15) is 0 Å². The van der Waals surface area contributed by atoms with Crippen molar-refractivity contribution in [3.63, 3.8) is 0 Å². The molecular formula is C11H8ClN3O3. The molecular weight excluding hydrogens is 258 g/mol. The summed E-state index contributed by atoms with van der Waals surface area (Å²) in [5.74, 6) is 0.368. The Bertz CT molecular complexity index is 563. The van der Waals surface area contributed by atoms with Gasteiger partial charge in [0.25, 0.3) is 5.69 Å². The topological polar surface area (TPSA) is 78.2 Å². The molecule has 0 aliphatic rings. The second-order valence-electron chi connectivity index (χ2n) is 3.36. The molecule has 0 aliphatic heterocycles. The van der Waals surface area contributed by atoms with Crippen molar-refractivity contribution in [3.05, 3.63) is 57.6 Å². The lowest BCUT2D eigenvalue weighted by Gasteiger charge is -2.06. The van der Waals surface area contributed by atoms with Crippen LogP contribution in [0, 0.1) is 10.1 Å². The third kappa shape index (κ3) is 2.92. The molecule has 0 amide bonds. The average Bonchev–Trinajstić information content (AvgIpc) is 2.38. The van der Waals surface area contributed by atoms with Crippen molar-refractivity contribution in [2.45, 2.75) is 6.61 Å². The molecule has 1 heterocycles. The minimum absolute atomic E-state index is 0.0770. The Morgan fingerprint density at radius 3 is 2.83 bits per heavy atom. The molecule has 18 heavy (non-hydrogen) atoms. The van der Waals surface area contributed by atoms with Crippen molar-refractivity contribution in [2.24, 2.45) is 0 Å². The van der Waals surface area contributed by atoms with Crippen LogP contribution in [0.1, 0.15) is 5.69 Å². The monoisotopic (exact) mass is 265 g/mol. The van der Waals surface area contributed by atoms with Crippen LogP contribution in [0.15, 0.2) is 36.8 Å². The zero-order chi connectivity index (χ0) is 13.0. The smallest absolute Gasteiger partial charge is 0.271 e. The third-order valence-corrected chi connectivity index (χ3v) is 2.41. The summed E-state index contributed by atoms with van der Waals surface area (Å²) in [5, 5.41) is 10.7. The van der Waals surface area contributed by atoms with Crippen LogP contribution in [0.3, 0.4) is 0 Å². The summed E-state index contributed by atoms with van der Waals surface area (Å²) in [6, 6.07) is 4.03. The molecule has 0 bridgehead atoms. The number of halogens is 1. The first-order chi connectivity index (χ1) is 8.66. The maximum atomic E-state index is 10.5. The van der Waals surface area contributed by atoms with Gasteiger partial charge >= 0.3 is 0 Å². The fourth-order valence-electron chi connectivity index (χ4n) is 1.28. The summed E-state index contributed by atoms with van der Waals surface area (Å²) < 4.78 is 5.40. The minimum Gasteiger partial charge on any atom is -0.486 e. The number of nitrogens with zero attached hydrogens (tertiary/aromatic N) is 3. The predicted octanol–water partition coefficient (Wildman–Crippen LogP) is 2.62. The SMILES string of the molecule is O=[N+]([O-])c1ccc(OCc2cnccn2)c(Cl)c1. The molecule has 1 aromatic heterocycles. The van der Waals surface area contributed by atoms with E-state index in [1.807, 2.05) is 0 Å². The molecule has 2 rings (SSSR count). The van der Waals surface area contributed by atoms with E-state index in [2.05, 4.69) is 9.97 Å². The van der Waals surface area contributed by atoms with Gasteiger partial charge in [-0.05, 0) is 6.07 Å². The Morgan fingerprint density at radius 2 is 2.22 bits per heavy atom. The van der Waals surface area contributed by atoms with Gasteiger partial charge in [-0.1, -0.05) is 11.6 Å². The Kier molecular flexibility index (Phi) is 3.69. The fraction of sp³-hybridized carbons (Fsp3) is 0.0909. The van der Waals surface area contributed by atoms with Crippen LogP contribution in [0.5, 0.6) is 5.75 Å². The van der Waals surface area contributed by atoms with E-state index in [1.54, 1.807) is 18.6 Å². The van der Waals surface area contributed by atoms with Gasteiger partial charge in [0, 0.05) is 24.5 Å². The molecule has 1 aromatic carbocycles. The number of hydrogen-bond donors (Lipinski definition) is 0. The first kappa shape index (κ1) is 12.3. The number of nitro groups is 1. The number of benzene rings is 1. The molecule has 0 saturated carbocycles. The Hall–Kier alpha value is -2.21. The molecule has 0 aliphatic carbocycles. The lowest BCUT2D eigenvalue weighted by molar-refractivity contribution is -0.384. The van der Waals surface area contributed by atoms with Gasteiger partial charge in [0.2, 0.25) is 0 Å². The van der Waals surface area contributed by atoms with E-state index >= 15 is 0 Å². The second-order valence-corrected chi connectivity index (χ2v) is 3.76. The first-order valence-electron chi connectivity index (χ1n) is 4.98. The van der Waals surface area contributed by atoms with E-state index in [1.165, 1.54) is 18.2 Å². The van der Waals surface area contributed by atoms with Crippen molar-refractivity contribution in [2.75, 3.05) is 0 Å². The highest BCUT2D eigenvalue weighted by atomic mass is 35.5.